The first-order valence-electron chi connectivity index (χ1n) is 6.72. The Kier molecular flexibility index (Phi) is 4.32. The largest absolute Gasteiger partial charge is 0.308 e. The van der Waals surface area contributed by atoms with Crippen LogP contribution in [-0.2, 0) is 6.54 Å². The van der Waals surface area contributed by atoms with Crippen LogP contribution in [0.5, 0.6) is 0 Å². The summed E-state index contributed by atoms with van der Waals surface area (Å²) in [6.45, 7) is 9.31. The average Bonchev–Trinajstić information content (AvgIpc) is 2.83. The summed E-state index contributed by atoms with van der Waals surface area (Å²) in [7, 11) is 0. The molecule has 102 valence electrons. The highest BCUT2D eigenvalue weighted by Crippen LogP contribution is 2.12. The van der Waals surface area contributed by atoms with Crippen molar-refractivity contribution in [2.24, 2.45) is 0 Å². The van der Waals surface area contributed by atoms with Crippen molar-refractivity contribution in [3.05, 3.63) is 47.5 Å². The van der Waals surface area contributed by atoms with Gasteiger partial charge in [-0.05, 0) is 44.9 Å². The normalized spacial score (nSPS) is 14.3. The van der Waals surface area contributed by atoms with E-state index in [0.717, 1.165) is 12.2 Å². The third kappa shape index (κ3) is 3.41. The molecule has 0 radical (unpaired) electrons. The van der Waals surface area contributed by atoms with Crippen molar-refractivity contribution >= 4 is 0 Å². The van der Waals surface area contributed by atoms with Crippen LogP contribution >= 0.6 is 0 Å². The maximum Gasteiger partial charge on any atom is 0.0641 e. The highest BCUT2D eigenvalue weighted by Gasteiger charge is 2.14. The smallest absolute Gasteiger partial charge is 0.0641 e. The van der Waals surface area contributed by atoms with Gasteiger partial charge in [0, 0.05) is 30.7 Å². The summed E-state index contributed by atoms with van der Waals surface area (Å²) in [5, 5.41) is 7.92. The molecule has 0 saturated carbocycles. The summed E-state index contributed by atoms with van der Waals surface area (Å²) < 4.78 is 2.02. The van der Waals surface area contributed by atoms with E-state index in [2.05, 4.69) is 48.4 Å². The van der Waals surface area contributed by atoms with E-state index in [-0.39, 0.29) is 0 Å². The van der Waals surface area contributed by atoms with E-state index in [0.29, 0.717) is 12.1 Å². The van der Waals surface area contributed by atoms with Crippen molar-refractivity contribution in [3.8, 4) is 0 Å². The van der Waals surface area contributed by atoms with Crippen LogP contribution in [0.15, 0.2) is 30.7 Å². The Morgan fingerprint density at radius 2 is 2.11 bits per heavy atom. The Hall–Kier alpha value is -1.68. The van der Waals surface area contributed by atoms with Gasteiger partial charge in [0.15, 0.2) is 0 Å². The third-order valence-electron chi connectivity index (χ3n) is 3.60. The van der Waals surface area contributed by atoms with Gasteiger partial charge >= 0.3 is 0 Å². The Morgan fingerprint density at radius 3 is 2.74 bits per heavy atom. The number of hydrogen-bond donors (Lipinski definition) is 1. The molecule has 0 aliphatic carbocycles. The molecule has 0 fully saturated rings. The lowest BCUT2D eigenvalue weighted by Crippen LogP contribution is -2.33. The van der Waals surface area contributed by atoms with Gasteiger partial charge in [0.1, 0.15) is 0 Å². The van der Waals surface area contributed by atoms with Crippen LogP contribution in [0.3, 0.4) is 0 Å². The number of hydrogen-bond acceptors (Lipinski definition) is 3. The van der Waals surface area contributed by atoms with Crippen molar-refractivity contribution in [1.29, 1.82) is 0 Å². The maximum atomic E-state index is 4.37. The van der Waals surface area contributed by atoms with Crippen molar-refractivity contribution < 1.29 is 0 Å². The second kappa shape index (κ2) is 5.97. The lowest BCUT2D eigenvalue weighted by molar-refractivity contribution is 0.364. The van der Waals surface area contributed by atoms with Crippen LogP contribution < -0.4 is 5.32 Å². The van der Waals surface area contributed by atoms with Crippen molar-refractivity contribution in [2.75, 3.05) is 0 Å². The first-order valence-corrected chi connectivity index (χ1v) is 6.72. The van der Waals surface area contributed by atoms with E-state index >= 15 is 0 Å². The summed E-state index contributed by atoms with van der Waals surface area (Å²) in [4.78, 5) is 4.31. The third-order valence-corrected chi connectivity index (χ3v) is 3.60. The Labute approximate surface area is 114 Å². The van der Waals surface area contributed by atoms with Gasteiger partial charge < -0.3 is 5.32 Å². The molecule has 4 nitrogen and oxygen atoms in total. The molecule has 2 heterocycles. The van der Waals surface area contributed by atoms with Gasteiger partial charge in [-0.15, -0.1) is 0 Å². The number of aryl methyl sites for hydroxylation is 2. The number of aromatic nitrogens is 3. The SMILES string of the molecule is Cc1cnn([C@H](C)[C@@H](C)NCc2cccnc2C)c1. The molecule has 0 unspecified atom stereocenters. The molecule has 1 N–H and O–H groups in total. The molecule has 0 aliphatic heterocycles. The first-order chi connectivity index (χ1) is 9.08. The van der Waals surface area contributed by atoms with Crippen LogP contribution in [0.25, 0.3) is 0 Å². The van der Waals surface area contributed by atoms with Crippen LogP contribution in [-0.4, -0.2) is 20.8 Å². The van der Waals surface area contributed by atoms with Gasteiger partial charge in [-0.1, -0.05) is 6.07 Å². The molecule has 0 aliphatic rings. The van der Waals surface area contributed by atoms with Gasteiger partial charge in [-0.2, -0.15) is 5.10 Å². The molecule has 0 aromatic carbocycles. The Balaban J connectivity index is 1.94. The minimum atomic E-state index is 0.325. The quantitative estimate of drug-likeness (QED) is 0.896. The molecular weight excluding hydrogens is 236 g/mol. The average molecular weight is 258 g/mol. The van der Waals surface area contributed by atoms with E-state index < -0.39 is 0 Å². The molecule has 2 atom stereocenters. The monoisotopic (exact) mass is 258 g/mol. The highest BCUT2D eigenvalue weighted by molar-refractivity contribution is 5.18. The summed E-state index contributed by atoms with van der Waals surface area (Å²) >= 11 is 0. The van der Waals surface area contributed by atoms with E-state index in [1.165, 1.54) is 11.1 Å². The predicted molar refractivity (Wildman–Crippen MR) is 77.0 cm³/mol. The number of nitrogens with zero attached hydrogens (tertiary/aromatic N) is 3. The Bertz CT molecular complexity index is 532. The molecule has 2 aromatic heterocycles. The minimum absolute atomic E-state index is 0.325. The van der Waals surface area contributed by atoms with Gasteiger partial charge in [0.05, 0.1) is 12.2 Å². The fourth-order valence-electron chi connectivity index (χ4n) is 2.03. The van der Waals surface area contributed by atoms with Crippen molar-refractivity contribution in [2.45, 2.75) is 46.3 Å². The lowest BCUT2D eigenvalue weighted by atomic mass is 10.1. The molecule has 0 bridgehead atoms. The minimum Gasteiger partial charge on any atom is -0.308 e. The highest BCUT2D eigenvalue weighted by atomic mass is 15.3. The molecular formula is C15H22N4. The zero-order valence-corrected chi connectivity index (χ0v) is 12.1. The molecule has 0 saturated heterocycles. The van der Waals surface area contributed by atoms with E-state index in [1.807, 2.05) is 30.1 Å². The van der Waals surface area contributed by atoms with Gasteiger partial charge in [-0.25, -0.2) is 0 Å². The van der Waals surface area contributed by atoms with Crippen molar-refractivity contribution in [1.82, 2.24) is 20.1 Å². The number of rotatable bonds is 5. The van der Waals surface area contributed by atoms with Gasteiger partial charge in [-0.3, -0.25) is 9.67 Å². The number of nitrogens with one attached hydrogen (secondary N) is 1. The lowest BCUT2D eigenvalue weighted by Gasteiger charge is -2.22. The molecule has 2 rings (SSSR count). The summed E-state index contributed by atoms with van der Waals surface area (Å²) in [5.41, 5.74) is 3.53. The second-order valence-corrected chi connectivity index (χ2v) is 5.16. The fourth-order valence-corrected chi connectivity index (χ4v) is 2.03. The van der Waals surface area contributed by atoms with Gasteiger partial charge in [0.25, 0.3) is 0 Å². The summed E-state index contributed by atoms with van der Waals surface area (Å²) in [5.74, 6) is 0. The Morgan fingerprint density at radius 1 is 1.32 bits per heavy atom. The topological polar surface area (TPSA) is 42.7 Å². The predicted octanol–water partition coefficient (Wildman–Crippen LogP) is 2.63. The molecule has 4 heteroatoms. The first kappa shape index (κ1) is 13.7. The maximum absolute atomic E-state index is 4.37. The second-order valence-electron chi connectivity index (χ2n) is 5.16. The zero-order chi connectivity index (χ0) is 13.8. The van der Waals surface area contributed by atoms with Gasteiger partial charge in [0.2, 0.25) is 0 Å². The van der Waals surface area contributed by atoms with Crippen LogP contribution in [0.2, 0.25) is 0 Å². The molecule has 0 spiro atoms. The summed E-state index contributed by atoms with van der Waals surface area (Å²) in [6.07, 6.45) is 5.81. The van der Waals surface area contributed by atoms with Crippen molar-refractivity contribution in [3.63, 3.8) is 0 Å². The molecule has 2 aromatic rings. The fraction of sp³-hybridized carbons (Fsp3) is 0.467. The zero-order valence-electron chi connectivity index (χ0n) is 12.1. The van der Waals surface area contributed by atoms with Crippen LogP contribution in [0, 0.1) is 13.8 Å². The van der Waals surface area contributed by atoms with E-state index in [1.54, 1.807) is 0 Å². The molecule has 19 heavy (non-hydrogen) atoms. The van der Waals surface area contributed by atoms with Crippen LogP contribution in [0.4, 0.5) is 0 Å². The number of pyridine rings is 1. The standard InChI is InChI=1S/C15H22N4/c1-11-8-18-19(10-11)14(4)12(2)17-9-15-6-5-7-16-13(15)3/h5-8,10,12,14,17H,9H2,1-4H3/t12-,14-/m1/s1. The molecule has 0 amide bonds. The summed E-state index contributed by atoms with van der Waals surface area (Å²) in [6, 6.07) is 4.77. The van der Waals surface area contributed by atoms with Crippen LogP contribution in [0.1, 0.15) is 36.7 Å². The van der Waals surface area contributed by atoms with E-state index in [9.17, 15) is 0 Å². The van der Waals surface area contributed by atoms with E-state index in [4.69, 9.17) is 0 Å².